The molecule has 5 heteroatoms. The van der Waals surface area contributed by atoms with Gasteiger partial charge in [0.05, 0.1) is 7.11 Å². The number of rotatable bonds is 6. The molecule has 5 nitrogen and oxygen atoms in total. The van der Waals surface area contributed by atoms with E-state index in [0.29, 0.717) is 11.7 Å². The molecule has 2 aromatic carbocycles. The topological polar surface area (TPSA) is 57.4 Å². The van der Waals surface area contributed by atoms with Gasteiger partial charge in [0.25, 0.3) is 5.89 Å². The number of hydrogen-bond donors (Lipinski definition) is 0. The van der Waals surface area contributed by atoms with Gasteiger partial charge >= 0.3 is 0 Å². The molecule has 0 spiro atoms. The highest BCUT2D eigenvalue weighted by Gasteiger charge is 2.20. The van der Waals surface area contributed by atoms with Crippen molar-refractivity contribution < 1.29 is 14.0 Å². The third kappa shape index (κ3) is 3.51. The Bertz CT molecular complexity index is 756. The van der Waals surface area contributed by atoms with Crippen molar-refractivity contribution in [2.75, 3.05) is 7.11 Å². The Balaban J connectivity index is 1.81. The fourth-order valence-electron chi connectivity index (χ4n) is 2.22. The van der Waals surface area contributed by atoms with Crippen LogP contribution in [0.3, 0.4) is 0 Å². The lowest BCUT2D eigenvalue weighted by atomic mass is 10.2. The zero-order valence-electron chi connectivity index (χ0n) is 13.1. The normalized spacial score (nSPS) is 11.9. The van der Waals surface area contributed by atoms with E-state index in [9.17, 15) is 0 Å². The van der Waals surface area contributed by atoms with Crippen LogP contribution in [0.5, 0.6) is 11.5 Å². The SMILES string of the molecule is CC[C@@H](Oc1ccccc1)c1nc(-c2cccc(OC)c2)no1. The Kier molecular flexibility index (Phi) is 4.57. The first-order chi connectivity index (χ1) is 11.3. The summed E-state index contributed by atoms with van der Waals surface area (Å²) in [5, 5.41) is 4.05. The number of para-hydroxylation sites is 1. The van der Waals surface area contributed by atoms with Crippen LogP contribution in [0.2, 0.25) is 0 Å². The molecule has 0 amide bonds. The molecule has 3 aromatic rings. The van der Waals surface area contributed by atoms with Crippen LogP contribution in [-0.4, -0.2) is 17.3 Å². The molecule has 0 aliphatic heterocycles. The molecule has 0 aliphatic rings. The van der Waals surface area contributed by atoms with E-state index in [0.717, 1.165) is 23.5 Å². The van der Waals surface area contributed by atoms with Crippen LogP contribution in [0.1, 0.15) is 25.3 Å². The van der Waals surface area contributed by atoms with Crippen molar-refractivity contribution in [2.45, 2.75) is 19.4 Å². The zero-order chi connectivity index (χ0) is 16.1. The number of hydrogen-bond acceptors (Lipinski definition) is 5. The summed E-state index contributed by atoms with van der Waals surface area (Å²) in [7, 11) is 1.63. The molecular formula is C18H18N2O3. The van der Waals surface area contributed by atoms with Crippen molar-refractivity contribution >= 4 is 0 Å². The molecule has 1 atom stereocenters. The van der Waals surface area contributed by atoms with E-state index in [-0.39, 0.29) is 6.10 Å². The van der Waals surface area contributed by atoms with Crippen LogP contribution < -0.4 is 9.47 Å². The average Bonchev–Trinajstić information content (AvgIpc) is 3.10. The Hall–Kier alpha value is -2.82. The van der Waals surface area contributed by atoms with E-state index in [4.69, 9.17) is 14.0 Å². The summed E-state index contributed by atoms with van der Waals surface area (Å²) in [4.78, 5) is 4.46. The summed E-state index contributed by atoms with van der Waals surface area (Å²) in [6.45, 7) is 2.02. The number of benzene rings is 2. The first kappa shape index (κ1) is 15.1. The van der Waals surface area contributed by atoms with Crippen LogP contribution in [0.15, 0.2) is 59.1 Å². The predicted octanol–water partition coefficient (Wildman–Crippen LogP) is 4.28. The van der Waals surface area contributed by atoms with Gasteiger partial charge in [0.2, 0.25) is 5.82 Å². The molecule has 1 aromatic heterocycles. The quantitative estimate of drug-likeness (QED) is 0.680. The minimum absolute atomic E-state index is 0.274. The lowest BCUT2D eigenvalue weighted by Crippen LogP contribution is -2.06. The molecule has 23 heavy (non-hydrogen) atoms. The van der Waals surface area contributed by atoms with Crippen LogP contribution in [0.25, 0.3) is 11.4 Å². The van der Waals surface area contributed by atoms with Crippen molar-refractivity contribution in [3.05, 3.63) is 60.5 Å². The molecular weight excluding hydrogens is 292 g/mol. The summed E-state index contributed by atoms with van der Waals surface area (Å²) < 4.78 is 16.5. The Morgan fingerprint density at radius 3 is 2.57 bits per heavy atom. The van der Waals surface area contributed by atoms with Crippen molar-refractivity contribution in [1.29, 1.82) is 0 Å². The maximum Gasteiger partial charge on any atom is 0.268 e. The molecule has 0 unspecified atom stereocenters. The van der Waals surface area contributed by atoms with Gasteiger partial charge in [0.15, 0.2) is 6.10 Å². The van der Waals surface area contributed by atoms with Crippen molar-refractivity contribution in [3.8, 4) is 22.9 Å². The second-order valence-corrected chi connectivity index (χ2v) is 5.02. The highest BCUT2D eigenvalue weighted by molar-refractivity contribution is 5.56. The smallest absolute Gasteiger partial charge is 0.268 e. The largest absolute Gasteiger partial charge is 0.497 e. The van der Waals surface area contributed by atoms with Gasteiger partial charge in [-0.05, 0) is 30.7 Å². The second kappa shape index (κ2) is 6.96. The van der Waals surface area contributed by atoms with Crippen LogP contribution in [0.4, 0.5) is 0 Å². The molecule has 0 bridgehead atoms. The fourth-order valence-corrected chi connectivity index (χ4v) is 2.22. The zero-order valence-corrected chi connectivity index (χ0v) is 13.1. The minimum atomic E-state index is -0.274. The third-order valence-electron chi connectivity index (χ3n) is 3.44. The molecule has 0 radical (unpaired) electrons. The maximum atomic E-state index is 5.92. The lowest BCUT2D eigenvalue weighted by molar-refractivity contribution is 0.154. The van der Waals surface area contributed by atoms with Crippen LogP contribution in [0, 0.1) is 0 Å². The first-order valence-electron chi connectivity index (χ1n) is 7.50. The van der Waals surface area contributed by atoms with Gasteiger partial charge in [-0.1, -0.05) is 42.4 Å². The molecule has 0 N–H and O–H groups in total. The van der Waals surface area contributed by atoms with E-state index in [1.165, 1.54) is 0 Å². The summed E-state index contributed by atoms with van der Waals surface area (Å²) >= 11 is 0. The summed E-state index contributed by atoms with van der Waals surface area (Å²) in [6, 6.07) is 17.2. The predicted molar refractivity (Wildman–Crippen MR) is 86.4 cm³/mol. The van der Waals surface area contributed by atoms with E-state index < -0.39 is 0 Å². The number of ether oxygens (including phenoxy) is 2. The fraction of sp³-hybridized carbons (Fsp3) is 0.222. The third-order valence-corrected chi connectivity index (χ3v) is 3.44. The Morgan fingerprint density at radius 2 is 1.83 bits per heavy atom. The van der Waals surface area contributed by atoms with Crippen molar-refractivity contribution in [2.24, 2.45) is 0 Å². The number of methoxy groups -OCH3 is 1. The van der Waals surface area contributed by atoms with Crippen LogP contribution >= 0.6 is 0 Å². The monoisotopic (exact) mass is 310 g/mol. The van der Waals surface area contributed by atoms with Gasteiger partial charge in [0.1, 0.15) is 11.5 Å². The lowest BCUT2D eigenvalue weighted by Gasteiger charge is -2.13. The van der Waals surface area contributed by atoms with Crippen LogP contribution in [-0.2, 0) is 0 Å². The number of aromatic nitrogens is 2. The molecule has 0 saturated heterocycles. The molecule has 1 heterocycles. The van der Waals surface area contributed by atoms with E-state index in [1.807, 2.05) is 61.5 Å². The second-order valence-electron chi connectivity index (χ2n) is 5.02. The van der Waals surface area contributed by atoms with Crippen molar-refractivity contribution in [3.63, 3.8) is 0 Å². The average molecular weight is 310 g/mol. The van der Waals surface area contributed by atoms with Crippen molar-refractivity contribution in [1.82, 2.24) is 10.1 Å². The van der Waals surface area contributed by atoms with Gasteiger partial charge in [-0.25, -0.2) is 0 Å². The Labute approximate surface area is 134 Å². The molecule has 3 rings (SSSR count). The summed E-state index contributed by atoms with van der Waals surface area (Å²) in [5.74, 6) is 2.52. The highest BCUT2D eigenvalue weighted by atomic mass is 16.5. The number of nitrogens with zero attached hydrogens (tertiary/aromatic N) is 2. The van der Waals surface area contributed by atoms with Gasteiger partial charge in [-0.2, -0.15) is 4.98 Å². The van der Waals surface area contributed by atoms with Gasteiger partial charge in [0, 0.05) is 5.56 Å². The molecule has 0 aliphatic carbocycles. The standard InChI is InChI=1S/C18H18N2O3/c1-3-16(22-14-9-5-4-6-10-14)18-19-17(20-23-18)13-8-7-11-15(12-13)21-2/h4-12,16H,3H2,1-2H3/t16-/m1/s1. The van der Waals surface area contributed by atoms with E-state index in [2.05, 4.69) is 10.1 Å². The minimum Gasteiger partial charge on any atom is -0.497 e. The van der Waals surface area contributed by atoms with E-state index >= 15 is 0 Å². The maximum absolute atomic E-state index is 5.92. The Morgan fingerprint density at radius 1 is 1.04 bits per heavy atom. The molecule has 118 valence electrons. The van der Waals surface area contributed by atoms with E-state index in [1.54, 1.807) is 7.11 Å². The molecule has 0 saturated carbocycles. The van der Waals surface area contributed by atoms with Gasteiger partial charge < -0.3 is 14.0 Å². The summed E-state index contributed by atoms with van der Waals surface area (Å²) in [5.41, 5.74) is 0.842. The molecule has 0 fully saturated rings. The van der Waals surface area contributed by atoms with Gasteiger partial charge in [-0.15, -0.1) is 0 Å². The first-order valence-corrected chi connectivity index (χ1v) is 7.50. The highest BCUT2D eigenvalue weighted by Crippen LogP contribution is 2.26. The summed E-state index contributed by atoms with van der Waals surface area (Å²) in [6.07, 6.45) is 0.457. The van der Waals surface area contributed by atoms with Gasteiger partial charge in [-0.3, -0.25) is 0 Å².